The number of hydrogen-bond acceptors (Lipinski definition) is 6. The maximum atomic E-state index is 12.5. The molecule has 0 spiro atoms. The first kappa shape index (κ1) is 20.7. The van der Waals surface area contributed by atoms with Crippen LogP contribution in [0.25, 0.3) is 11.3 Å². The smallest absolute Gasteiger partial charge is 0.261 e. The lowest BCUT2D eigenvalue weighted by atomic mass is 10.1. The van der Waals surface area contributed by atoms with Gasteiger partial charge in [0.2, 0.25) is 5.91 Å². The van der Waals surface area contributed by atoms with Crippen LogP contribution in [0, 0.1) is 6.92 Å². The third-order valence-corrected chi connectivity index (χ3v) is 5.66. The number of ether oxygens (including phenoxy) is 1. The number of aryl methyl sites for hydroxylation is 1. The van der Waals surface area contributed by atoms with Crippen molar-refractivity contribution in [3.05, 3.63) is 64.5 Å². The van der Waals surface area contributed by atoms with E-state index in [0.717, 1.165) is 21.8 Å². The Kier molecular flexibility index (Phi) is 5.81. The molecule has 1 aliphatic rings. The van der Waals surface area contributed by atoms with Crippen LogP contribution in [0.5, 0.6) is 5.75 Å². The minimum atomic E-state index is -0.364. The number of rotatable bonds is 7. The van der Waals surface area contributed by atoms with Crippen molar-refractivity contribution in [2.45, 2.75) is 20.3 Å². The number of fused-ring (bicyclic) bond motifs is 1. The summed E-state index contributed by atoms with van der Waals surface area (Å²) in [5.74, 6) is -0.307. The van der Waals surface area contributed by atoms with Crippen molar-refractivity contribution in [1.82, 2.24) is 9.88 Å². The van der Waals surface area contributed by atoms with Gasteiger partial charge in [0.05, 0.1) is 23.4 Å². The molecule has 0 aliphatic carbocycles. The Morgan fingerprint density at radius 2 is 1.87 bits per heavy atom. The van der Waals surface area contributed by atoms with Gasteiger partial charge in [-0.2, -0.15) is 0 Å². The van der Waals surface area contributed by atoms with E-state index < -0.39 is 0 Å². The molecule has 3 amide bonds. The van der Waals surface area contributed by atoms with E-state index in [1.807, 2.05) is 43.5 Å². The molecule has 1 aliphatic heterocycles. The van der Waals surface area contributed by atoms with E-state index in [4.69, 9.17) is 4.74 Å². The number of imide groups is 1. The maximum Gasteiger partial charge on any atom is 0.261 e. The van der Waals surface area contributed by atoms with Gasteiger partial charge in [-0.25, -0.2) is 4.98 Å². The second kappa shape index (κ2) is 8.69. The number of hydrogen-bond donors (Lipinski definition) is 1. The van der Waals surface area contributed by atoms with Gasteiger partial charge in [-0.05, 0) is 38.1 Å². The van der Waals surface area contributed by atoms with Gasteiger partial charge >= 0.3 is 0 Å². The lowest BCUT2D eigenvalue weighted by Gasteiger charge is -2.13. The zero-order valence-corrected chi connectivity index (χ0v) is 18.0. The number of carbonyl (C=O) groups excluding carboxylic acids is 3. The van der Waals surface area contributed by atoms with E-state index in [0.29, 0.717) is 28.6 Å². The van der Waals surface area contributed by atoms with Gasteiger partial charge in [0.15, 0.2) is 5.13 Å². The summed E-state index contributed by atoms with van der Waals surface area (Å²) in [6.45, 7) is 4.34. The van der Waals surface area contributed by atoms with Gasteiger partial charge in [0.25, 0.3) is 11.8 Å². The second-order valence-electron chi connectivity index (χ2n) is 7.08. The summed E-state index contributed by atoms with van der Waals surface area (Å²) in [5.41, 5.74) is 3.24. The quantitative estimate of drug-likeness (QED) is 0.564. The van der Waals surface area contributed by atoms with Crippen molar-refractivity contribution in [2.24, 2.45) is 0 Å². The molecule has 2 heterocycles. The predicted octanol–water partition coefficient (Wildman–Crippen LogP) is 4.14. The van der Waals surface area contributed by atoms with Crippen molar-refractivity contribution in [1.29, 1.82) is 0 Å². The van der Waals surface area contributed by atoms with Gasteiger partial charge in [0, 0.05) is 23.9 Å². The SMILES string of the molecule is CCOc1ccccc1-c1csc(NC(=O)CCN2C(=O)c3ccc(C)cc3C2=O)n1. The van der Waals surface area contributed by atoms with Crippen LogP contribution < -0.4 is 10.1 Å². The number of amides is 3. The maximum absolute atomic E-state index is 12.5. The monoisotopic (exact) mass is 435 g/mol. The minimum Gasteiger partial charge on any atom is -0.493 e. The second-order valence-corrected chi connectivity index (χ2v) is 7.93. The summed E-state index contributed by atoms with van der Waals surface area (Å²) < 4.78 is 5.64. The topological polar surface area (TPSA) is 88.6 Å². The molecule has 8 heteroatoms. The molecule has 0 fully saturated rings. The Labute approximate surface area is 183 Å². The molecule has 0 saturated heterocycles. The molecular weight excluding hydrogens is 414 g/mol. The van der Waals surface area contributed by atoms with Crippen molar-refractivity contribution in [3.8, 4) is 17.0 Å². The molecule has 4 rings (SSSR count). The van der Waals surface area contributed by atoms with Gasteiger partial charge in [-0.3, -0.25) is 19.3 Å². The van der Waals surface area contributed by atoms with Gasteiger partial charge in [0.1, 0.15) is 5.75 Å². The summed E-state index contributed by atoms with van der Waals surface area (Å²) >= 11 is 1.30. The largest absolute Gasteiger partial charge is 0.493 e. The average molecular weight is 436 g/mol. The van der Waals surface area contributed by atoms with Crippen LogP contribution in [-0.2, 0) is 4.79 Å². The summed E-state index contributed by atoms with van der Waals surface area (Å²) in [6, 6.07) is 12.7. The molecule has 0 bridgehead atoms. The molecule has 31 heavy (non-hydrogen) atoms. The molecule has 1 N–H and O–H groups in total. The first-order valence-electron chi connectivity index (χ1n) is 9.92. The standard InChI is InChI=1S/C23H21N3O4S/c1-3-30-19-7-5-4-6-16(19)18-13-31-23(24-18)25-20(27)10-11-26-21(28)15-9-8-14(2)12-17(15)22(26)29/h4-9,12-13H,3,10-11H2,1-2H3,(H,24,25,27). The Morgan fingerprint density at radius 3 is 2.68 bits per heavy atom. The number of carbonyl (C=O) groups is 3. The van der Waals surface area contributed by atoms with E-state index in [1.54, 1.807) is 18.2 Å². The normalized spacial score (nSPS) is 12.8. The molecule has 7 nitrogen and oxygen atoms in total. The Bertz CT molecular complexity index is 1170. The number of thiazole rings is 1. The highest BCUT2D eigenvalue weighted by molar-refractivity contribution is 7.14. The Hall–Kier alpha value is -3.52. The van der Waals surface area contributed by atoms with Crippen molar-refractivity contribution < 1.29 is 19.1 Å². The molecule has 2 aromatic carbocycles. The predicted molar refractivity (Wildman–Crippen MR) is 119 cm³/mol. The van der Waals surface area contributed by atoms with Crippen LogP contribution in [0.4, 0.5) is 5.13 Å². The molecule has 0 unspecified atom stereocenters. The first-order chi connectivity index (χ1) is 15.0. The molecular formula is C23H21N3O4S. The summed E-state index contributed by atoms with van der Waals surface area (Å²) in [5, 5.41) is 5.04. The van der Waals surface area contributed by atoms with Crippen LogP contribution in [-0.4, -0.2) is 40.8 Å². The van der Waals surface area contributed by atoms with Gasteiger partial charge < -0.3 is 10.1 Å². The number of benzene rings is 2. The van der Waals surface area contributed by atoms with Gasteiger partial charge in [-0.1, -0.05) is 23.8 Å². The Morgan fingerprint density at radius 1 is 1.10 bits per heavy atom. The Balaban J connectivity index is 1.39. The lowest BCUT2D eigenvalue weighted by Crippen LogP contribution is -2.32. The summed E-state index contributed by atoms with van der Waals surface area (Å²) in [6.07, 6.45) is -0.00506. The van der Waals surface area contributed by atoms with E-state index in [2.05, 4.69) is 10.3 Å². The van der Waals surface area contributed by atoms with Crippen molar-refractivity contribution >= 4 is 34.2 Å². The molecule has 0 saturated carbocycles. The van der Waals surface area contributed by atoms with Crippen molar-refractivity contribution in [3.63, 3.8) is 0 Å². The highest BCUT2D eigenvalue weighted by atomic mass is 32.1. The molecule has 0 atom stereocenters. The van der Waals surface area contributed by atoms with E-state index in [9.17, 15) is 14.4 Å². The third kappa shape index (κ3) is 4.20. The highest BCUT2D eigenvalue weighted by Crippen LogP contribution is 2.32. The zero-order chi connectivity index (χ0) is 22.0. The van der Waals surface area contributed by atoms with Crippen LogP contribution in [0.2, 0.25) is 0 Å². The molecule has 1 aromatic heterocycles. The summed E-state index contributed by atoms with van der Waals surface area (Å²) in [4.78, 5) is 43.0. The fourth-order valence-corrected chi connectivity index (χ4v) is 4.14. The van der Waals surface area contributed by atoms with Crippen LogP contribution in [0.3, 0.4) is 0 Å². The fraction of sp³-hybridized carbons (Fsp3) is 0.217. The number of aromatic nitrogens is 1. The van der Waals surface area contributed by atoms with Gasteiger partial charge in [-0.15, -0.1) is 11.3 Å². The number of para-hydroxylation sites is 1. The van der Waals surface area contributed by atoms with Crippen LogP contribution in [0.1, 0.15) is 39.6 Å². The fourth-order valence-electron chi connectivity index (χ4n) is 3.42. The minimum absolute atomic E-state index is 0.00506. The molecule has 158 valence electrons. The third-order valence-electron chi connectivity index (χ3n) is 4.90. The van der Waals surface area contributed by atoms with Crippen molar-refractivity contribution in [2.75, 3.05) is 18.5 Å². The molecule has 0 radical (unpaired) electrons. The lowest BCUT2D eigenvalue weighted by molar-refractivity contribution is -0.116. The van der Waals surface area contributed by atoms with Crippen LogP contribution >= 0.6 is 11.3 Å². The summed E-state index contributed by atoms with van der Waals surface area (Å²) in [7, 11) is 0. The highest BCUT2D eigenvalue weighted by Gasteiger charge is 2.35. The van der Waals surface area contributed by atoms with E-state index >= 15 is 0 Å². The van der Waals surface area contributed by atoms with Crippen LogP contribution in [0.15, 0.2) is 47.8 Å². The average Bonchev–Trinajstić information content (AvgIpc) is 3.30. The van der Waals surface area contributed by atoms with E-state index in [1.165, 1.54) is 11.3 Å². The number of anilines is 1. The number of nitrogens with zero attached hydrogens (tertiary/aromatic N) is 2. The number of nitrogens with one attached hydrogen (secondary N) is 1. The van der Waals surface area contributed by atoms with E-state index in [-0.39, 0.29) is 30.7 Å². The molecule has 3 aromatic rings. The zero-order valence-electron chi connectivity index (χ0n) is 17.2. The first-order valence-corrected chi connectivity index (χ1v) is 10.8.